The van der Waals surface area contributed by atoms with Gasteiger partial charge in [-0.1, -0.05) is 19.8 Å². The highest BCUT2D eigenvalue weighted by Gasteiger charge is 2.46. The van der Waals surface area contributed by atoms with Crippen LogP contribution in [0.4, 0.5) is 26.3 Å². The van der Waals surface area contributed by atoms with Crippen molar-refractivity contribution >= 4 is 0 Å². The number of nitrogens with zero attached hydrogens (tertiary/aromatic N) is 1. The first-order valence-corrected chi connectivity index (χ1v) is 5.39. The van der Waals surface area contributed by atoms with Crippen LogP contribution in [0.5, 0.6) is 0 Å². The number of alkyl halides is 6. The van der Waals surface area contributed by atoms with Crippen LogP contribution in [0, 0.1) is 0 Å². The van der Waals surface area contributed by atoms with E-state index in [0.29, 0.717) is 6.42 Å². The Hall–Kier alpha value is -1.21. The zero-order valence-electron chi connectivity index (χ0n) is 9.54. The fraction of sp³-hybridized carbons (Fsp3) is 0.700. The minimum Gasteiger partial charge on any atom is -0.338 e. The first-order chi connectivity index (χ1) is 8.16. The lowest BCUT2D eigenvalue weighted by atomic mass is 10.2. The summed E-state index contributed by atoms with van der Waals surface area (Å²) >= 11 is 0. The van der Waals surface area contributed by atoms with Crippen molar-refractivity contribution in [3.63, 3.8) is 0 Å². The summed E-state index contributed by atoms with van der Waals surface area (Å²) in [6.45, 7) is 1.88. The van der Waals surface area contributed by atoms with Gasteiger partial charge in [-0.05, 0) is 6.42 Å². The number of imidazole rings is 1. The van der Waals surface area contributed by atoms with Gasteiger partial charge in [-0.3, -0.25) is 0 Å². The number of nitrogens with one attached hydrogen (secondary N) is 1. The molecule has 0 aromatic carbocycles. The Kier molecular flexibility index (Phi) is 4.28. The average Bonchev–Trinajstić information content (AvgIpc) is 2.61. The molecule has 1 N–H and O–H groups in total. The molecule has 0 amide bonds. The molecule has 104 valence electrons. The molecule has 18 heavy (non-hydrogen) atoms. The van der Waals surface area contributed by atoms with E-state index < -0.39 is 23.7 Å². The summed E-state index contributed by atoms with van der Waals surface area (Å²) in [4.78, 5) is 4.75. The second-order valence-electron chi connectivity index (χ2n) is 3.86. The molecule has 0 aliphatic rings. The Bertz CT molecular complexity index is 359. The molecular weight excluding hydrogens is 262 g/mol. The molecule has 0 atom stereocenters. The molecule has 2 nitrogen and oxygen atoms in total. The van der Waals surface area contributed by atoms with Gasteiger partial charge in [0.25, 0.3) is 0 Å². The zero-order chi connectivity index (χ0) is 14.0. The topological polar surface area (TPSA) is 28.7 Å². The van der Waals surface area contributed by atoms with Gasteiger partial charge in [0.2, 0.25) is 0 Å². The van der Waals surface area contributed by atoms with Crippen LogP contribution in [-0.4, -0.2) is 9.97 Å². The van der Waals surface area contributed by atoms with Crippen molar-refractivity contribution in [2.45, 2.75) is 45.0 Å². The molecule has 0 saturated carbocycles. The maximum Gasteiger partial charge on any atom is 0.435 e. The monoisotopic (exact) mass is 274 g/mol. The number of aryl methyl sites for hydroxylation is 1. The van der Waals surface area contributed by atoms with Gasteiger partial charge in [-0.15, -0.1) is 0 Å². The number of rotatable bonds is 4. The number of hydrogen-bond donors (Lipinski definition) is 1. The highest BCUT2D eigenvalue weighted by Crippen LogP contribution is 2.38. The molecule has 1 rings (SSSR count). The van der Waals surface area contributed by atoms with Crippen molar-refractivity contribution in [3.8, 4) is 0 Å². The van der Waals surface area contributed by atoms with Crippen molar-refractivity contribution < 1.29 is 26.3 Å². The molecule has 0 aliphatic carbocycles. The number of halogens is 6. The lowest BCUT2D eigenvalue weighted by Gasteiger charge is -2.08. The van der Waals surface area contributed by atoms with Gasteiger partial charge in [-0.2, -0.15) is 26.3 Å². The summed E-state index contributed by atoms with van der Waals surface area (Å²) < 4.78 is 74.4. The first kappa shape index (κ1) is 14.8. The van der Waals surface area contributed by atoms with E-state index in [1.165, 1.54) is 0 Å². The van der Waals surface area contributed by atoms with E-state index in [0.717, 1.165) is 12.8 Å². The van der Waals surface area contributed by atoms with Gasteiger partial charge in [0, 0.05) is 6.42 Å². The SMILES string of the molecule is CCCCCc1nc(C(F)(F)F)c(C(F)(F)F)[nH]1. The molecule has 0 radical (unpaired) electrons. The van der Waals surface area contributed by atoms with Crippen molar-refractivity contribution in [1.29, 1.82) is 0 Å². The third kappa shape index (κ3) is 3.64. The highest BCUT2D eigenvalue weighted by molar-refractivity contribution is 5.21. The number of aromatic amines is 1. The smallest absolute Gasteiger partial charge is 0.338 e. The number of hydrogen-bond acceptors (Lipinski definition) is 1. The van der Waals surface area contributed by atoms with E-state index in [2.05, 4.69) is 4.98 Å². The van der Waals surface area contributed by atoms with Crippen LogP contribution in [0.15, 0.2) is 0 Å². The van der Waals surface area contributed by atoms with E-state index in [1.807, 2.05) is 6.92 Å². The molecule has 0 bridgehead atoms. The first-order valence-electron chi connectivity index (χ1n) is 5.39. The summed E-state index contributed by atoms with van der Waals surface area (Å²) in [6, 6.07) is 0. The van der Waals surface area contributed by atoms with E-state index in [9.17, 15) is 26.3 Å². The molecule has 0 aliphatic heterocycles. The minimum absolute atomic E-state index is 0.0764. The van der Waals surface area contributed by atoms with Crippen LogP contribution in [0.1, 0.15) is 43.4 Å². The van der Waals surface area contributed by atoms with E-state index in [-0.39, 0.29) is 12.2 Å². The second-order valence-corrected chi connectivity index (χ2v) is 3.86. The molecular formula is C10H12F6N2. The lowest BCUT2D eigenvalue weighted by Crippen LogP contribution is -2.16. The Labute approximate surface area is 99.4 Å². The largest absolute Gasteiger partial charge is 0.435 e. The van der Waals surface area contributed by atoms with Crippen LogP contribution in [0.25, 0.3) is 0 Å². The molecule has 0 unspecified atom stereocenters. The van der Waals surface area contributed by atoms with Crippen molar-refractivity contribution in [1.82, 2.24) is 9.97 Å². The number of unbranched alkanes of at least 4 members (excludes halogenated alkanes) is 2. The summed E-state index contributed by atoms with van der Waals surface area (Å²) in [5.74, 6) is -0.275. The Morgan fingerprint density at radius 2 is 1.61 bits per heavy atom. The summed E-state index contributed by atoms with van der Waals surface area (Å²) in [6.07, 6.45) is -8.07. The van der Waals surface area contributed by atoms with Crippen LogP contribution < -0.4 is 0 Å². The predicted molar refractivity (Wildman–Crippen MR) is 51.8 cm³/mol. The van der Waals surface area contributed by atoms with Crippen molar-refractivity contribution in [2.24, 2.45) is 0 Å². The van der Waals surface area contributed by atoms with Crippen LogP contribution >= 0.6 is 0 Å². The van der Waals surface area contributed by atoms with Gasteiger partial charge in [0.05, 0.1) is 0 Å². The predicted octanol–water partition coefficient (Wildman–Crippen LogP) is 4.18. The van der Waals surface area contributed by atoms with Crippen LogP contribution in [-0.2, 0) is 18.8 Å². The fourth-order valence-electron chi connectivity index (χ4n) is 1.49. The summed E-state index contributed by atoms with van der Waals surface area (Å²) in [5, 5.41) is 0. The van der Waals surface area contributed by atoms with E-state index in [1.54, 1.807) is 4.98 Å². The maximum atomic E-state index is 12.4. The number of aromatic nitrogens is 2. The maximum absolute atomic E-state index is 12.4. The standard InChI is InChI=1S/C10H12F6N2/c1-2-3-4-5-6-17-7(9(11,12)13)8(18-6)10(14,15)16/h2-5H2,1H3,(H,17,18). The molecule has 0 fully saturated rings. The molecule has 1 aromatic rings. The average molecular weight is 274 g/mol. The van der Waals surface area contributed by atoms with E-state index >= 15 is 0 Å². The lowest BCUT2D eigenvalue weighted by molar-refractivity contribution is -0.165. The molecule has 0 spiro atoms. The number of H-pyrrole nitrogens is 1. The third-order valence-electron chi connectivity index (χ3n) is 2.32. The van der Waals surface area contributed by atoms with Crippen molar-refractivity contribution in [2.75, 3.05) is 0 Å². The molecule has 0 saturated heterocycles. The second kappa shape index (κ2) is 5.19. The Balaban J connectivity index is 3.01. The van der Waals surface area contributed by atoms with Gasteiger partial charge < -0.3 is 4.98 Å². The quantitative estimate of drug-likeness (QED) is 0.647. The minimum atomic E-state index is -5.11. The Morgan fingerprint density at radius 3 is 2.00 bits per heavy atom. The van der Waals surface area contributed by atoms with E-state index in [4.69, 9.17) is 0 Å². The molecule has 1 heterocycles. The third-order valence-corrected chi connectivity index (χ3v) is 2.32. The van der Waals surface area contributed by atoms with Crippen LogP contribution in [0.3, 0.4) is 0 Å². The molecule has 1 aromatic heterocycles. The highest BCUT2D eigenvalue weighted by atomic mass is 19.4. The zero-order valence-corrected chi connectivity index (χ0v) is 9.54. The summed E-state index contributed by atoms with van der Waals surface area (Å²) in [5.41, 5.74) is -3.71. The molecule has 8 heteroatoms. The van der Waals surface area contributed by atoms with Crippen LogP contribution in [0.2, 0.25) is 0 Å². The fourth-order valence-corrected chi connectivity index (χ4v) is 1.49. The van der Waals surface area contributed by atoms with Gasteiger partial charge in [0.15, 0.2) is 11.4 Å². The van der Waals surface area contributed by atoms with Gasteiger partial charge in [0.1, 0.15) is 5.82 Å². The van der Waals surface area contributed by atoms with Crippen molar-refractivity contribution in [3.05, 3.63) is 17.2 Å². The van der Waals surface area contributed by atoms with Gasteiger partial charge >= 0.3 is 12.4 Å². The normalized spacial score (nSPS) is 13.1. The Morgan fingerprint density at radius 1 is 1.00 bits per heavy atom. The van der Waals surface area contributed by atoms with Gasteiger partial charge in [-0.25, -0.2) is 4.98 Å². The summed E-state index contributed by atoms with van der Waals surface area (Å²) in [7, 11) is 0.